The van der Waals surface area contributed by atoms with E-state index in [9.17, 15) is 18.0 Å². The molecule has 0 bridgehead atoms. The Morgan fingerprint density at radius 1 is 1.14 bits per heavy atom. The van der Waals surface area contributed by atoms with Crippen LogP contribution in [0.15, 0.2) is 42.5 Å². The van der Waals surface area contributed by atoms with Gasteiger partial charge in [0.15, 0.2) is 5.11 Å². The van der Waals surface area contributed by atoms with E-state index in [1.165, 1.54) is 6.07 Å². The van der Waals surface area contributed by atoms with E-state index in [4.69, 9.17) is 17.5 Å². The molecule has 0 aliphatic carbocycles. The fraction of sp³-hybridized carbons (Fsp3) is 0.286. The molecule has 0 saturated carbocycles. The lowest BCUT2D eigenvalue weighted by Crippen LogP contribution is -2.35. The largest absolute Gasteiger partial charge is 0.417 e. The minimum absolute atomic E-state index is 0.00189. The van der Waals surface area contributed by atoms with Gasteiger partial charge in [-0.3, -0.25) is 9.69 Å². The first-order chi connectivity index (χ1) is 13.7. The molecule has 1 heterocycles. The number of carbonyl (C=O) groups excluding carboxylic acids is 1. The van der Waals surface area contributed by atoms with Gasteiger partial charge in [-0.15, -0.1) is 0 Å². The summed E-state index contributed by atoms with van der Waals surface area (Å²) in [5.41, 5.74) is 0.158. The predicted octanol–water partition coefficient (Wildman–Crippen LogP) is 5.19. The molecule has 8 heteroatoms. The number of nitriles is 1. The van der Waals surface area contributed by atoms with Crippen LogP contribution in [0.25, 0.3) is 0 Å². The normalized spacial score (nSPS) is 17.0. The second-order valence-corrected chi connectivity index (χ2v) is 7.17. The minimum Gasteiger partial charge on any atom is -0.306 e. The minimum atomic E-state index is -4.72. The van der Waals surface area contributed by atoms with Crippen molar-refractivity contribution in [2.75, 3.05) is 9.80 Å². The van der Waals surface area contributed by atoms with Gasteiger partial charge in [-0.05, 0) is 55.9 Å². The van der Waals surface area contributed by atoms with Crippen LogP contribution < -0.4 is 9.80 Å². The topological polar surface area (TPSA) is 47.3 Å². The highest BCUT2D eigenvalue weighted by Gasteiger charge is 2.44. The molecular formula is C21H18F3N3OS. The van der Waals surface area contributed by atoms with Gasteiger partial charge >= 0.3 is 6.18 Å². The van der Waals surface area contributed by atoms with Crippen molar-refractivity contribution in [1.82, 2.24) is 0 Å². The van der Waals surface area contributed by atoms with Crippen LogP contribution in [0.5, 0.6) is 0 Å². The van der Waals surface area contributed by atoms with E-state index in [1.54, 1.807) is 11.0 Å². The molecule has 1 saturated heterocycles. The van der Waals surface area contributed by atoms with Gasteiger partial charge in [0.05, 0.1) is 22.9 Å². The molecule has 2 aromatic carbocycles. The van der Waals surface area contributed by atoms with E-state index >= 15 is 0 Å². The zero-order valence-corrected chi connectivity index (χ0v) is 16.6. The molecule has 0 N–H and O–H groups in total. The molecule has 0 spiro atoms. The van der Waals surface area contributed by atoms with Crippen LogP contribution >= 0.6 is 12.2 Å². The first kappa shape index (κ1) is 20.8. The summed E-state index contributed by atoms with van der Waals surface area (Å²) in [7, 11) is 0. The number of halogens is 3. The molecular weight excluding hydrogens is 399 g/mol. The number of amides is 1. The maximum absolute atomic E-state index is 13.4. The molecule has 1 unspecified atom stereocenters. The third-order valence-electron chi connectivity index (χ3n) is 4.78. The van der Waals surface area contributed by atoms with Gasteiger partial charge < -0.3 is 4.90 Å². The van der Waals surface area contributed by atoms with Crippen LogP contribution in [0.3, 0.4) is 0 Å². The van der Waals surface area contributed by atoms with Crippen molar-refractivity contribution in [2.45, 2.75) is 38.9 Å². The Morgan fingerprint density at radius 3 is 2.31 bits per heavy atom. The molecule has 1 amide bonds. The van der Waals surface area contributed by atoms with Crippen LogP contribution in [0.2, 0.25) is 0 Å². The fourth-order valence-corrected chi connectivity index (χ4v) is 3.79. The maximum atomic E-state index is 13.4. The number of thiocarbonyl (C=S) groups is 1. The number of rotatable bonds is 4. The molecule has 1 fully saturated rings. The Kier molecular flexibility index (Phi) is 5.62. The van der Waals surface area contributed by atoms with Crippen molar-refractivity contribution in [3.63, 3.8) is 0 Å². The Labute approximate surface area is 172 Å². The Morgan fingerprint density at radius 2 is 1.76 bits per heavy atom. The number of alkyl halides is 3. The highest BCUT2D eigenvalue weighted by atomic mass is 32.1. The quantitative estimate of drug-likeness (QED) is 0.642. The monoisotopic (exact) mass is 417 g/mol. The van der Waals surface area contributed by atoms with Crippen molar-refractivity contribution in [3.05, 3.63) is 59.2 Å². The summed E-state index contributed by atoms with van der Waals surface area (Å²) in [6.45, 7) is 3.86. The Bertz CT molecular complexity index is 996. The number of benzene rings is 2. The van der Waals surface area contributed by atoms with Crippen molar-refractivity contribution in [2.24, 2.45) is 0 Å². The third kappa shape index (κ3) is 3.83. The zero-order chi connectivity index (χ0) is 21.3. The molecule has 0 radical (unpaired) electrons. The van der Waals surface area contributed by atoms with Gasteiger partial charge in [0.1, 0.15) is 6.04 Å². The van der Waals surface area contributed by atoms with E-state index < -0.39 is 23.3 Å². The maximum Gasteiger partial charge on any atom is 0.417 e. The van der Waals surface area contributed by atoms with Gasteiger partial charge in [-0.1, -0.05) is 31.0 Å². The Balaban J connectivity index is 2.09. The second kappa shape index (κ2) is 7.84. The number of hydrogen-bond acceptors (Lipinski definition) is 3. The lowest BCUT2D eigenvalue weighted by Gasteiger charge is -2.24. The van der Waals surface area contributed by atoms with E-state index in [0.29, 0.717) is 18.5 Å². The lowest BCUT2D eigenvalue weighted by atomic mass is 10.1. The smallest absolute Gasteiger partial charge is 0.306 e. The Hall–Kier alpha value is -2.92. The molecule has 0 aromatic heterocycles. The van der Waals surface area contributed by atoms with E-state index in [0.717, 1.165) is 22.6 Å². The van der Waals surface area contributed by atoms with E-state index in [2.05, 4.69) is 0 Å². The van der Waals surface area contributed by atoms with Gasteiger partial charge in [0, 0.05) is 5.69 Å². The first-order valence-corrected chi connectivity index (χ1v) is 9.45. The summed E-state index contributed by atoms with van der Waals surface area (Å²) in [4.78, 5) is 15.9. The van der Waals surface area contributed by atoms with Crippen LogP contribution in [0.1, 0.15) is 36.5 Å². The summed E-state index contributed by atoms with van der Waals surface area (Å²) in [6, 6.07) is 11.6. The zero-order valence-electron chi connectivity index (χ0n) is 15.8. The van der Waals surface area contributed by atoms with E-state index in [-0.39, 0.29) is 16.7 Å². The molecule has 150 valence electrons. The number of nitrogens with zero attached hydrogens (tertiary/aromatic N) is 3. The van der Waals surface area contributed by atoms with E-state index in [1.807, 2.05) is 38.1 Å². The highest BCUT2D eigenvalue weighted by Crippen LogP contribution is 2.37. The number of anilines is 2. The number of hydrogen-bond donors (Lipinski definition) is 0. The summed E-state index contributed by atoms with van der Waals surface area (Å²) >= 11 is 5.51. The van der Waals surface area contributed by atoms with Crippen molar-refractivity contribution in [1.29, 1.82) is 5.26 Å². The molecule has 1 aliphatic heterocycles. The van der Waals surface area contributed by atoms with Gasteiger partial charge in [-0.25, -0.2) is 0 Å². The summed E-state index contributed by atoms with van der Waals surface area (Å²) in [5, 5.41) is 9.12. The van der Waals surface area contributed by atoms with Crippen LogP contribution in [0.4, 0.5) is 24.5 Å². The standard InChI is InChI=1S/C21H18F3N3OS/c1-3-4-18-19(28)27(20(29)26(18)15-8-5-13(2)6-9-15)16-10-7-14(12-25)17(11-16)21(22,23)24/h5-11,18H,3-4H2,1-2H3. The number of carbonyl (C=O) groups is 1. The molecule has 1 atom stereocenters. The summed E-state index contributed by atoms with van der Waals surface area (Å²) in [5.74, 6) is -0.379. The van der Waals surface area contributed by atoms with Crippen molar-refractivity contribution >= 4 is 34.6 Å². The fourth-order valence-electron chi connectivity index (χ4n) is 3.36. The number of aryl methyl sites for hydroxylation is 1. The molecule has 1 aliphatic rings. The highest BCUT2D eigenvalue weighted by molar-refractivity contribution is 7.81. The molecule has 3 rings (SSSR count). The lowest BCUT2D eigenvalue weighted by molar-refractivity contribution is -0.137. The van der Waals surface area contributed by atoms with Gasteiger partial charge in [0.2, 0.25) is 0 Å². The molecule has 29 heavy (non-hydrogen) atoms. The van der Waals surface area contributed by atoms with Crippen LogP contribution in [0, 0.1) is 18.3 Å². The SMILES string of the molecule is CCCC1C(=O)N(c2ccc(C#N)c(C(F)(F)F)c2)C(=S)N1c1ccc(C)cc1. The second-order valence-electron chi connectivity index (χ2n) is 6.81. The third-order valence-corrected chi connectivity index (χ3v) is 5.16. The molecule has 2 aromatic rings. The van der Waals surface area contributed by atoms with Crippen LogP contribution in [-0.2, 0) is 11.0 Å². The van der Waals surface area contributed by atoms with Crippen molar-refractivity contribution < 1.29 is 18.0 Å². The molecule has 4 nitrogen and oxygen atoms in total. The summed E-state index contributed by atoms with van der Waals surface area (Å²) in [6.07, 6.45) is -3.51. The van der Waals surface area contributed by atoms with Crippen molar-refractivity contribution in [3.8, 4) is 6.07 Å². The first-order valence-electron chi connectivity index (χ1n) is 9.04. The predicted molar refractivity (Wildman–Crippen MR) is 109 cm³/mol. The summed E-state index contributed by atoms with van der Waals surface area (Å²) < 4.78 is 40.1. The average molecular weight is 417 g/mol. The van der Waals surface area contributed by atoms with Crippen LogP contribution in [-0.4, -0.2) is 17.1 Å². The average Bonchev–Trinajstić information content (AvgIpc) is 2.92. The van der Waals surface area contributed by atoms with Gasteiger partial charge in [-0.2, -0.15) is 18.4 Å². The van der Waals surface area contributed by atoms with Gasteiger partial charge in [0.25, 0.3) is 5.91 Å².